The minimum atomic E-state index is 0.00205. The molecule has 0 bridgehead atoms. The number of hydrogen-bond donors (Lipinski definition) is 0. The summed E-state index contributed by atoms with van der Waals surface area (Å²) in [6, 6.07) is 12.0. The average molecular weight is 354 g/mol. The van der Waals surface area contributed by atoms with Crippen LogP contribution in [-0.4, -0.2) is 45.8 Å². The van der Waals surface area contributed by atoms with Crippen molar-refractivity contribution in [2.75, 3.05) is 26.2 Å². The van der Waals surface area contributed by atoms with E-state index in [9.17, 15) is 4.79 Å². The van der Waals surface area contributed by atoms with Crippen molar-refractivity contribution in [3.05, 3.63) is 62.7 Å². The number of benzene rings is 1. The van der Waals surface area contributed by atoms with Gasteiger partial charge >= 0.3 is 0 Å². The topological polar surface area (TPSA) is 41.4 Å². The molecule has 2 aromatic heterocycles. The molecule has 0 saturated carbocycles. The number of rotatable bonds is 4. The zero-order valence-electron chi connectivity index (χ0n) is 14.4. The van der Waals surface area contributed by atoms with Crippen molar-refractivity contribution in [2.45, 2.75) is 20.1 Å². The number of nitrogens with zero attached hydrogens (tertiary/aromatic N) is 4. The van der Waals surface area contributed by atoms with E-state index in [-0.39, 0.29) is 5.56 Å². The summed E-state index contributed by atoms with van der Waals surface area (Å²) in [5, 5.41) is 8.36. The standard InChI is InChI=1S/C19H22N4OS/c1-15-17-6-2-3-7-18(17)19(24)23(20-15)14-22-10-8-21(9-11-22)13-16-5-4-12-25-16/h2-7,12H,8-11,13-14H2,1H3. The maximum Gasteiger partial charge on any atom is 0.275 e. The highest BCUT2D eigenvalue weighted by Gasteiger charge is 2.18. The smallest absolute Gasteiger partial charge is 0.275 e. The molecule has 0 spiro atoms. The first-order chi connectivity index (χ1) is 12.2. The van der Waals surface area contributed by atoms with Gasteiger partial charge in [0.15, 0.2) is 0 Å². The molecule has 4 rings (SSSR count). The fourth-order valence-corrected chi connectivity index (χ4v) is 4.15. The van der Waals surface area contributed by atoms with E-state index in [4.69, 9.17) is 0 Å². The third kappa shape index (κ3) is 3.51. The lowest BCUT2D eigenvalue weighted by molar-refractivity contribution is 0.0977. The Morgan fingerprint density at radius 1 is 1.00 bits per heavy atom. The summed E-state index contributed by atoms with van der Waals surface area (Å²) in [6.07, 6.45) is 0. The van der Waals surface area contributed by atoms with Gasteiger partial charge in [-0.2, -0.15) is 5.10 Å². The van der Waals surface area contributed by atoms with Crippen molar-refractivity contribution in [2.24, 2.45) is 0 Å². The summed E-state index contributed by atoms with van der Waals surface area (Å²) >= 11 is 1.81. The summed E-state index contributed by atoms with van der Waals surface area (Å²) in [5.74, 6) is 0. The number of fused-ring (bicyclic) bond motifs is 1. The van der Waals surface area contributed by atoms with Crippen LogP contribution in [0.1, 0.15) is 10.6 Å². The predicted octanol–water partition coefficient (Wildman–Crippen LogP) is 2.54. The Bertz CT molecular complexity index is 911. The molecule has 6 heteroatoms. The van der Waals surface area contributed by atoms with Crippen LogP contribution in [0.15, 0.2) is 46.6 Å². The molecule has 3 heterocycles. The van der Waals surface area contributed by atoms with Crippen molar-refractivity contribution in [3.63, 3.8) is 0 Å². The van der Waals surface area contributed by atoms with Gasteiger partial charge in [0.05, 0.1) is 17.7 Å². The van der Waals surface area contributed by atoms with Crippen LogP contribution in [0.25, 0.3) is 10.8 Å². The van der Waals surface area contributed by atoms with Crippen molar-refractivity contribution < 1.29 is 0 Å². The molecule has 1 aliphatic rings. The Morgan fingerprint density at radius 3 is 2.44 bits per heavy atom. The number of piperazine rings is 1. The zero-order chi connectivity index (χ0) is 17.2. The van der Waals surface area contributed by atoms with Gasteiger partial charge in [-0.05, 0) is 24.4 Å². The van der Waals surface area contributed by atoms with Crippen molar-refractivity contribution in [3.8, 4) is 0 Å². The van der Waals surface area contributed by atoms with Crippen LogP contribution in [-0.2, 0) is 13.2 Å². The Balaban J connectivity index is 1.44. The summed E-state index contributed by atoms with van der Waals surface area (Å²) in [7, 11) is 0. The van der Waals surface area contributed by atoms with Crippen molar-refractivity contribution in [1.82, 2.24) is 19.6 Å². The van der Waals surface area contributed by atoms with E-state index in [0.29, 0.717) is 6.67 Å². The number of hydrogen-bond acceptors (Lipinski definition) is 5. The molecular weight excluding hydrogens is 332 g/mol. The van der Waals surface area contributed by atoms with Gasteiger partial charge in [-0.1, -0.05) is 24.3 Å². The van der Waals surface area contributed by atoms with Gasteiger partial charge in [-0.25, -0.2) is 4.68 Å². The maximum absolute atomic E-state index is 12.7. The summed E-state index contributed by atoms with van der Waals surface area (Å²) in [6.45, 7) is 7.54. The molecule has 3 aromatic rings. The molecule has 0 amide bonds. The molecule has 0 atom stereocenters. The SMILES string of the molecule is Cc1nn(CN2CCN(Cc3cccs3)CC2)c(=O)c2ccccc12. The molecule has 25 heavy (non-hydrogen) atoms. The molecule has 0 unspecified atom stereocenters. The van der Waals surface area contributed by atoms with Gasteiger partial charge in [-0.15, -0.1) is 11.3 Å². The molecule has 0 radical (unpaired) electrons. The largest absolute Gasteiger partial charge is 0.296 e. The van der Waals surface area contributed by atoms with Crippen LogP contribution in [0, 0.1) is 6.92 Å². The van der Waals surface area contributed by atoms with E-state index in [2.05, 4.69) is 32.4 Å². The lowest BCUT2D eigenvalue weighted by Gasteiger charge is -2.34. The van der Waals surface area contributed by atoms with E-state index >= 15 is 0 Å². The van der Waals surface area contributed by atoms with Crippen molar-refractivity contribution >= 4 is 22.1 Å². The maximum atomic E-state index is 12.7. The van der Waals surface area contributed by atoms with Gasteiger partial charge in [-0.3, -0.25) is 14.6 Å². The first-order valence-corrected chi connectivity index (χ1v) is 9.52. The summed E-state index contributed by atoms with van der Waals surface area (Å²) in [4.78, 5) is 18.9. The van der Waals surface area contributed by atoms with Crippen LogP contribution in [0.5, 0.6) is 0 Å². The second-order valence-electron chi connectivity index (χ2n) is 6.55. The average Bonchev–Trinajstić information content (AvgIpc) is 3.14. The molecule has 5 nitrogen and oxygen atoms in total. The number of aryl methyl sites for hydroxylation is 1. The van der Waals surface area contributed by atoms with Crippen LogP contribution < -0.4 is 5.56 Å². The number of aromatic nitrogens is 2. The van der Waals surface area contributed by atoms with E-state index in [1.807, 2.05) is 42.5 Å². The van der Waals surface area contributed by atoms with Gasteiger partial charge in [0.25, 0.3) is 5.56 Å². The monoisotopic (exact) mass is 354 g/mol. The van der Waals surface area contributed by atoms with Crippen LogP contribution >= 0.6 is 11.3 Å². The minimum absolute atomic E-state index is 0.00205. The van der Waals surface area contributed by atoms with Crippen LogP contribution in [0.2, 0.25) is 0 Å². The molecule has 0 N–H and O–H groups in total. The molecule has 130 valence electrons. The van der Waals surface area contributed by atoms with Crippen LogP contribution in [0.3, 0.4) is 0 Å². The Hall–Kier alpha value is -2.02. The second-order valence-corrected chi connectivity index (χ2v) is 7.58. The fourth-order valence-electron chi connectivity index (χ4n) is 3.40. The van der Waals surface area contributed by atoms with E-state index < -0.39 is 0 Å². The van der Waals surface area contributed by atoms with Gasteiger partial charge in [0.2, 0.25) is 0 Å². The molecular formula is C19H22N4OS. The molecule has 1 aliphatic heterocycles. The lowest BCUT2D eigenvalue weighted by Crippen LogP contribution is -2.47. The Morgan fingerprint density at radius 2 is 1.72 bits per heavy atom. The molecule has 1 aromatic carbocycles. The fraction of sp³-hybridized carbons (Fsp3) is 0.368. The third-order valence-corrected chi connectivity index (χ3v) is 5.67. The molecule has 0 aliphatic carbocycles. The molecule has 1 saturated heterocycles. The molecule has 1 fully saturated rings. The lowest BCUT2D eigenvalue weighted by atomic mass is 10.1. The Kier molecular flexibility index (Phi) is 4.65. The van der Waals surface area contributed by atoms with Gasteiger partial charge < -0.3 is 0 Å². The van der Waals surface area contributed by atoms with E-state index in [1.54, 1.807) is 4.68 Å². The zero-order valence-corrected chi connectivity index (χ0v) is 15.2. The van der Waals surface area contributed by atoms with Gasteiger partial charge in [0.1, 0.15) is 0 Å². The van der Waals surface area contributed by atoms with E-state index in [1.165, 1.54) is 4.88 Å². The van der Waals surface area contributed by atoms with E-state index in [0.717, 1.165) is 49.2 Å². The second kappa shape index (κ2) is 7.07. The summed E-state index contributed by atoms with van der Waals surface area (Å²) < 4.78 is 1.62. The van der Waals surface area contributed by atoms with Crippen molar-refractivity contribution in [1.29, 1.82) is 0 Å². The summed E-state index contributed by atoms with van der Waals surface area (Å²) in [5.41, 5.74) is 0.911. The highest BCUT2D eigenvalue weighted by atomic mass is 32.1. The Labute approximate surface area is 151 Å². The first-order valence-electron chi connectivity index (χ1n) is 8.64. The number of thiophene rings is 1. The van der Waals surface area contributed by atoms with Gasteiger partial charge in [0, 0.05) is 43.0 Å². The third-order valence-electron chi connectivity index (χ3n) is 4.81. The normalized spacial score (nSPS) is 16.5. The minimum Gasteiger partial charge on any atom is -0.296 e. The predicted molar refractivity (Wildman–Crippen MR) is 102 cm³/mol. The first kappa shape index (κ1) is 16.4. The highest BCUT2D eigenvalue weighted by molar-refractivity contribution is 7.09. The quantitative estimate of drug-likeness (QED) is 0.722. The van der Waals surface area contributed by atoms with Crippen LogP contribution in [0.4, 0.5) is 0 Å². The highest BCUT2D eigenvalue weighted by Crippen LogP contribution is 2.15.